The van der Waals surface area contributed by atoms with Crippen LogP contribution in [0.2, 0.25) is 0 Å². The average Bonchev–Trinajstić information content (AvgIpc) is 2.36. The summed E-state index contributed by atoms with van der Waals surface area (Å²) in [5, 5.41) is 8.44. The number of carbonyl (C=O) groups is 1. The first-order valence-electron chi connectivity index (χ1n) is 3.47. The Hall–Kier alpha value is -0.260. The van der Waals surface area contributed by atoms with Gasteiger partial charge in [0.15, 0.2) is 5.88 Å². The Bertz CT molecular complexity index is 153. The third-order valence-corrected chi connectivity index (χ3v) is 2.80. The molecular weight excluding hydrogens is 166 g/mol. The summed E-state index contributed by atoms with van der Waals surface area (Å²) in [6, 6.07) is 0. The minimum Gasteiger partial charge on any atom is -0.615 e. The Morgan fingerprint density at radius 1 is 1.73 bits per heavy atom. The van der Waals surface area contributed by atoms with Gasteiger partial charge in [-0.25, -0.2) is 0 Å². The first-order chi connectivity index (χ1) is 5.24. The second-order valence-corrected chi connectivity index (χ2v) is 3.95. The maximum Gasteiger partial charge on any atom is 0.228 e. The summed E-state index contributed by atoms with van der Waals surface area (Å²) in [4.78, 5) is 12.6. The van der Waals surface area contributed by atoms with Crippen LogP contribution < -0.4 is 0 Å². The predicted octanol–water partition coefficient (Wildman–Crippen LogP) is -1.08. The van der Waals surface area contributed by atoms with Crippen molar-refractivity contribution < 1.29 is 14.5 Å². The molecule has 0 aromatic carbocycles. The second-order valence-electron chi connectivity index (χ2n) is 2.40. The van der Waals surface area contributed by atoms with E-state index >= 15 is 0 Å². The maximum atomic E-state index is 11.0. The first-order valence-corrected chi connectivity index (χ1v) is 4.96. The summed E-state index contributed by atoms with van der Waals surface area (Å²) in [7, 11) is 0. The van der Waals surface area contributed by atoms with Crippen LogP contribution >= 0.6 is 0 Å². The fourth-order valence-electron chi connectivity index (χ4n) is 0.965. The molecule has 1 fully saturated rings. The molecular formula is C6H11NO3S. The third kappa shape index (κ3) is 2.36. The maximum absolute atomic E-state index is 11.0. The third-order valence-electron chi connectivity index (χ3n) is 1.57. The molecule has 11 heavy (non-hydrogen) atoms. The molecule has 1 unspecified atom stereocenters. The summed E-state index contributed by atoms with van der Waals surface area (Å²) < 4.78 is 10.8. The van der Waals surface area contributed by atoms with Gasteiger partial charge in [0.2, 0.25) is 5.91 Å². The van der Waals surface area contributed by atoms with Crippen molar-refractivity contribution in [3.63, 3.8) is 0 Å². The monoisotopic (exact) mass is 177 g/mol. The molecule has 1 heterocycles. The van der Waals surface area contributed by atoms with Gasteiger partial charge < -0.3 is 9.66 Å². The lowest BCUT2D eigenvalue weighted by atomic mass is 10.4. The molecule has 0 radical (unpaired) electrons. The summed E-state index contributed by atoms with van der Waals surface area (Å²) in [6.07, 6.45) is 0.150. The van der Waals surface area contributed by atoms with E-state index in [0.717, 1.165) is 0 Å². The van der Waals surface area contributed by atoms with Crippen LogP contribution in [0.25, 0.3) is 0 Å². The zero-order chi connectivity index (χ0) is 8.27. The molecule has 1 N–H and O–H groups in total. The number of aliphatic hydroxyl groups excluding tert-OH is 1. The smallest absolute Gasteiger partial charge is 0.228 e. The van der Waals surface area contributed by atoms with Crippen LogP contribution in [-0.2, 0) is 16.0 Å². The quantitative estimate of drug-likeness (QED) is 0.545. The van der Waals surface area contributed by atoms with E-state index in [1.54, 1.807) is 0 Å². The van der Waals surface area contributed by atoms with Gasteiger partial charge >= 0.3 is 0 Å². The van der Waals surface area contributed by atoms with E-state index in [1.165, 1.54) is 4.90 Å². The van der Waals surface area contributed by atoms with E-state index in [0.29, 0.717) is 18.2 Å². The molecule has 1 aliphatic rings. The molecule has 0 spiro atoms. The molecule has 1 atom stereocenters. The van der Waals surface area contributed by atoms with E-state index < -0.39 is 11.2 Å². The van der Waals surface area contributed by atoms with Crippen LogP contribution in [0.4, 0.5) is 0 Å². The lowest BCUT2D eigenvalue weighted by Crippen LogP contribution is -2.29. The van der Waals surface area contributed by atoms with Gasteiger partial charge in [0.05, 0.1) is 19.6 Å². The van der Waals surface area contributed by atoms with Gasteiger partial charge in [-0.3, -0.25) is 9.69 Å². The number of nitrogens with zero attached hydrogens (tertiary/aromatic N) is 1. The minimum atomic E-state index is -0.854. The second kappa shape index (κ2) is 3.94. The molecule has 1 saturated heterocycles. The zero-order valence-electron chi connectivity index (χ0n) is 6.15. The fraction of sp³-hybridized carbons (Fsp3) is 0.833. The van der Waals surface area contributed by atoms with E-state index in [1.807, 2.05) is 0 Å². The molecule has 1 rings (SSSR count). The molecule has 4 nitrogen and oxygen atoms in total. The number of carbonyl (C=O) groups excluding carboxylic acids is 1. The number of rotatable bonds is 2. The van der Waals surface area contributed by atoms with Crippen LogP contribution in [0, 0.1) is 0 Å². The van der Waals surface area contributed by atoms with Gasteiger partial charge in [-0.05, 0) is 11.2 Å². The lowest BCUT2D eigenvalue weighted by molar-refractivity contribution is -0.130. The van der Waals surface area contributed by atoms with Crippen molar-refractivity contribution in [2.45, 2.75) is 6.42 Å². The first kappa shape index (κ1) is 8.83. The van der Waals surface area contributed by atoms with Gasteiger partial charge in [0.1, 0.15) is 5.75 Å². The minimum absolute atomic E-state index is 0.0987. The molecule has 0 saturated carbocycles. The summed E-state index contributed by atoms with van der Waals surface area (Å²) in [5.41, 5.74) is 0. The molecule has 0 aromatic rings. The Morgan fingerprint density at radius 2 is 2.45 bits per heavy atom. The number of hydrogen-bond donors (Lipinski definition) is 1. The summed E-state index contributed by atoms with van der Waals surface area (Å²) in [6.45, 7) is 0.452. The van der Waals surface area contributed by atoms with E-state index in [4.69, 9.17) is 5.11 Å². The topological polar surface area (TPSA) is 63.6 Å². The Balaban J connectivity index is 2.31. The summed E-state index contributed by atoms with van der Waals surface area (Å²) >= 11 is -0.854. The van der Waals surface area contributed by atoms with Crippen molar-refractivity contribution in [3.8, 4) is 0 Å². The Kier molecular flexibility index (Phi) is 3.16. The van der Waals surface area contributed by atoms with Crippen LogP contribution in [0.3, 0.4) is 0 Å². The molecule has 5 heteroatoms. The van der Waals surface area contributed by atoms with Crippen LogP contribution in [0.1, 0.15) is 6.42 Å². The SMILES string of the molecule is O=C(CCO)N1CC[S+]([O-])C1. The molecule has 0 aromatic heterocycles. The van der Waals surface area contributed by atoms with E-state index in [-0.39, 0.29) is 18.9 Å². The van der Waals surface area contributed by atoms with Crippen molar-refractivity contribution >= 4 is 17.1 Å². The predicted molar refractivity (Wildman–Crippen MR) is 41.3 cm³/mol. The highest BCUT2D eigenvalue weighted by Gasteiger charge is 2.26. The molecule has 0 aliphatic carbocycles. The Labute approximate surface area is 68.4 Å². The molecule has 0 bridgehead atoms. The van der Waals surface area contributed by atoms with Gasteiger partial charge in [0, 0.05) is 0 Å². The lowest BCUT2D eigenvalue weighted by Gasteiger charge is -2.10. The Morgan fingerprint density at radius 3 is 2.91 bits per heavy atom. The van der Waals surface area contributed by atoms with Gasteiger partial charge in [0.25, 0.3) is 0 Å². The van der Waals surface area contributed by atoms with Crippen molar-refractivity contribution in [2.24, 2.45) is 0 Å². The largest absolute Gasteiger partial charge is 0.615 e. The van der Waals surface area contributed by atoms with E-state index in [9.17, 15) is 9.35 Å². The van der Waals surface area contributed by atoms with E-state index in [2.05, 4.69) is 0 Å². The van der Waals surface area contributed by atoms with Crippen LogP contribution in [-0.4, -0.2) is 45.2 Å². The van der Waals surface area contributed by atoms with Gasteiger partial charge in [-0.1, -0.05) is 0 Å². The standard InChI is InChI=1S/C6H11NO3S/c8-3-1-6(9)7-2-4-11(10)5-7/h8H,1-5H2. The van der Waals surface area contributed by atoms with Gasteiger partial charge in [-0.2, -0.15) is 0 Å². The zero-order valence-corrected chi connectivity index (χ0v) is 6.97. The highest BCUT2D eigenvalue weighted by molar-refractivity contribution is 7.91. The number of aliphatic hydroxyl groups is 1. The highest BCUT2D eigenvalue weighted by atomic mass is 32.2. The molecule has 1 amide bonds. The fourth-order valence-corrected chi connectivity index (χ4v) is 2.14. The van der Waals surface area contributed by atoms with Crippen molar-refractivity contribution in [2.75, 3.05) is 24.8 Å². The van der Waals surface area contributed by atoms with Crippen molar-refractivity contribution in [1.29, 1.82) is 0 Å². The normalized spacial score (nSPS) is 24.2. The number of amides is 1. The summed E-state index contributed by atoms with van der Waals surface area (Å²) in [5.74, 6) is 0.828. The van der Waals surface area contributed by atoms with Crippen molar-refractivity contribution in [3.05, 3.63) is 0 Å². The molecule has 64 valence electrons. The van der Waals surface area contributed by atoms with Gasteiger partial charge in [-0.15, -0.1) is 0 Å². The average molecular weight is 177 g/mol. The number of hydrogen-bond acceptors (Lipinski definition) is 3. The highest BCUT2D eigenvalue weighted by Crippen LogP contribution is 2.08. The van der Waals surface area contributed by atoms with Crippen LogP contribution in [0.5, 0.6) is 0 Å². The molecule has 1 aliphatic heterocycles. The van der Waals surface area contributed by atoms with Crippen LogP contribution in [0.15, 0.2) is 0 Å². The van der Waals surface area contributed by atoms with Crippen molar-refractivity contribution in [1.82, 2.24) is 4.90 Å².